The molecule has 1 aliphatic carbocycles. The number of hydrogen-bond donors (Lipinski definition) is 1. The van der Waals surface area contributed by atoms with Crippen molar-refractivity contribution in [2.24, 2.45) is 5.73 Å². The Hall–Kier alpha value is -1.33. The van der Waals surface area contributed by atoms with Gasteiger partial charge in [-0.25, -0.2) is 0 Å². The third-order valence-corrected chi connectivity index (χ3v) is 4.22. The average Bonchev–Trinajstić information content (AvgIpc) is 2.87. The second-order valence-electron chi connectivity index (χ2n) is 4.83. The molecule has 1 aromatic carbocycles. The van der Waals surface area contributed by atoms with Gasteiger partial charge in [-0.15, -0.1) is 0 Å². The largest absolute Gasteiger partial charge is 0.338 e. The van der Waals surface area contributed by atoms with Crippen molar-refractivity contribution in [1.82, 2.24) is 10.1 Å². The molecule has 3 rings (SSSR count). The Kier molecular flexibility index (Phi) is 3.57. The summed E-state index contributed by atoms with van der Waals surface area (Å²) in [7, 11) is 0. The summed E-state index contributed by atoms with van der Waals surface area (Å²) in [6.07, 6.45) is 3.93. The van der Waals surface area contributed by atoms with E-state index in [1.54, 1.807) is 11.8 Å². The maximum absolute atomic E-state index is 6.04. The Balaban J connectivity index is 1.73. The average molecular weight is 275 g/mol. The van der Waals surface area contributed by atoms with E-state index in [1.807, 2.05) is 0 Å². The van der Waals surface area contributed by atoms with E-state index in [0.29, 0.717) is 5.89 Å². The van der Waals surface area contributed by atoms with Gasteiger partial charge in [-0.3, -0.25) is 0 Å². The van der Waals surface area contributed by atoms with Crippen LogP contribution >= 0.6 is 11.8 Å². The zero-order valence-corrected chi connectivity index (χ0v) is 11.7. The minimum absolute atomic E-state index is 0.149. The van der Waals surface area contributed by atoms with Crippen molar-refractivity contribution in [3.8, 4) is 0 Å². The molecule has 2 atom stereocenters. The first-order chi connectivity index (χ1) is 9.29. The molecule has 0 radical (unpaired) electrons. The fourth-order valence-corrected chi connectivity index (χ4v) is 2.89. The van der Waals surface area contributed by atoms with E-state index in [-0.39, 0.29) is 12.0 Å². The summed E-state index contributed by atoms with van der Waals surface area (Å²) in [5.41, 5.74) is 8.73. The Bertz CT molecular complexity index is 569. The fourth-order valence-electron chi connectivity index (χ4n) is 2.40. The number of rotatable bonds is 5. The summed E-state index contributed by atoms with van der Waals surface area (Å²) >= 11 is 1.77. The van der Waals surface area contributed by atoms with Gasteiger partial charge >= 0.3 is 0 Å². The van der Waals surface area contributed by atoms with Crippen LogP contribution in [0.1, 0.15) is 41.2 Å². The van der Waals surface area contributed by atoms with Gasteiger partial charge < -0.3 is 10.3 Å². The zero-order chi connectivity index (χ0) is 13.2. The highest BCUT2D eigenvalue weighted by atomic mass is 32.2. The van der Waals surface area contributed by atoms with E-state index in [1.165, 1.54) is 11.1 Å². The molecule has 0 bridgehead atoms. The summed E-state index contributed by atoms with van der Waals surface area (Å²) in [5.74, 6) is 2.62. The third kappa shape index (κ3) is 2.40. The Morgan fingerprint density at radius 2 is 2.32 bits per heavy atom. The lowest BCUT2D eigenvalue weighted by Crippen LogP contribution is -2.19. The molecule has 0 aliphatic heterocycles. The van der Waals surface area contributed by atoms with E-state index in [4.69, 9.17) is 10.3 Å². The molecule has 1 aromatic heterocycles. The number of hydrogen-bond acceptors (Lipinski definition) is 5. The molecule has 1 aliphatic rings. The highest BCUT2D eigenvalue weighted by Gasteiger charge is 2.31. The third-order valence-electron chi connectivity index (χ3n) is 3.57. The second kappa shape index (κ2) is 5.35. The molecule has 0 amide bonds. The number of thioether (sulfide) groups is 1. The summed E-state index contributed by atoms with van der Waals surface area (Å²) in [5, 5.41) is 4.09. The lowest BCUT2D eigenvalue weighted by molar-refractivity contribution is 0.346. The Morgan fingerprint density at radius 3 is 3.11 bits per heavy atom. The first-order valence-corrected chi connectivity index (χ1v) is 7.85. The molecule has 100 valence electrons. The monoisotopic (exact) mass is 275 g/mol. The van der Waals surface area contributed by atoms with Crippen LogP contribution in [-0.2, 0) is 6.42 Å². The lowest BCUT2D eigenvalue weighted by atomic mass is 9.77. The van der Waals surface area contributed by atoms with Crippen LogP contribution in [0.25, 0.3) is 0 Å². The highest BCUT2D eigenvalue weighted by Crippen LogP contribution is 2.38. The van der Waals surface area contributed by atoms with Crippen LogP contribution in [0.15, 0.2) is 28.8 Å². The Morgan fingerprint density at radius 1 is 1.47 bits per heavy atom. The first-order valence-electron chi connectivity index (χ1n) is 6.45. The topological polar surface area (TPSA) is 64.9 Å². The van der Waals surface area contributed by atoms with Gasteiger partial charge in [0.25, 0.3) is 0 Å². The molecule has 2 unspecified atom stereocenters. The van der Waals surface area contributed by atoms with Crippen LogP contribution < -0.4 is 5.73 Å². The SMILES string of the molecule is CSCCC(N)c1nc(C2Cc3ccccc32)no1. The highest BCUT2D eigenvalue weighted by molar-refractivity contribution is 7.98. The smallest absolute Gasteiger partial charge is 0.243 e. The van der Waals surface area contributed by atoms with Crippen molar-refractivity contribution in [3.05, 3.63) is 47.1 Å². The van der Waals surface area contributed by atoms with Crippen LogP contribution in [-0.4, -0.2) is 22.1 Å². The van der Waals surface area contributed by atoms with Crippen LogP contribution in [0, 0.1) is 0 Å². The fraction of sp³-hybridized carbons (Fsp3) is 0.429. The standard InChI is InChI=1S/C14H17N3OS/c1-19-7-6-12(15)14-16-13(17-18-14)11-8-9-4-2-3-5-10(9)11/h2-5,11-12H,6-8,15H2,1H3. The van der Waals surface area contributed by atoms with Crippen molar-refractivity contribution >= 4 is 11.8 Å². The minimum Gasteiger partial charge on any atom is -0.338 e. The van der Waals surface area contributed by atoms with Gasteiger partial charge in [0, 0.05) is 0 Å². The summed E-state index contributed by atoms with van der Waals surface area (Å²) in [6.45, 7) is 0. The Labute approximate surface area is 116 Å². The molecule has 0 spiro atoms. The van der Waals surface area contributed by atoms with Crippen molar-refractivity contribution < 1.29 is 4.52 Å². The molecule has 1 heterocycles. The quantitative estimate of drug-likeness (QED) is 0.908. The number of aromatic nitrogens is 2. The predicted octanol–water partition coefficient (Wildman–Crippen LogP) is 2.51. The number of benzene rings is 1. The van der Waals surface area contributed by atoms with E-state index in [9.17, 15) is 0 Å². The van der Waals surface area contributed by atoms with E-state index in [0.717, 1.165) is 24.4 Å². The molecule has 4 nitrogen and oxygen atoms in total. The molecular weight excluding hydrogens is 258 g/mol. The number of nitrogens with zero attached hydrogens (tertiary/aromatic N) is 2. The van der Waals surface area contributed by atoms with Crippen molar-refractivity contribution in [2.45, 2.75) is 24.8 Å². The summed E-state index contributed by atoms with van der Waals surface area (Å²) < 4.78 is 5.30. The van der Waals surface area contributed by atoms with E-state index < -0.39 is 0 Å². The molecule has 2 N–H and O–H groups in total. The van der Waals surface area contributed by atoms with Crippen LogP contribution in [0.2, 0.25) is 0 Å². The molecule has 5 heteroatoms. The maximum atomic E-state index is 6.04. The molecule has 0 saturated heterocycles. The van der Waals surface area contributed by atoms with Crippen molar-refractivity contribution in [3.63, 3.8) is 0 Å². The normalized spacial score (nSPS) is 18.7. The van der Waals surface area contributed by atoms with Crippen molar-refractivity contribution in [2.75, 3.05) is 12.0 Å². The van der Waals surface area contributed by atoms with Gasteiger partial charge in [0.05, 0.1) is 12.0 Å². The van der Waals surface area contributed by atoms with Gasteiger partial charge in [-0.2, -0.15) is 16.7 Å². The summed E-state index contributed by atoms with van der Waals surface area (Å²) in [4.78, 5) is 4.47. The molecular formula is C14H17N3OS. The molecule has 0 saturated carbocycles. The van der Waals surface area contributed by atoms with Crippen LogP contribution in [0.3, 0.4) is 0 Å². The maximum Gasteiger partial charge on any atom is 0.243 e. The van der Waals surface area contributed by atoms with Gasteiger partial charge in [0.2, 0.25) is 5.89 Å². The van der Waals surface area contributed by atoms with E-state index >= 15 is 0 Å². The van der Waals surface area contributed by atoms with Gasteiger partial charge in [0.1, 0.15) is 0 Å². The minimum atomic E-state index is -0.149. The van der Waals surface area contributed by atoms with Gasteiger partial charge in [0.15, 0.2) is 5.82 Å². The lowest BCUT2D eigenvalue weighted by Gasteiger charge is -2.27. The van der Waals surface area contributed by atoms with Gasteiger partial charge in [-0.05, 0) is 36.0 Å². The van der Waals surface area contributed by atoms with Crippen molar-refractivity contribution in [1.29, 1.82) is 0 Å². The second-order valence-corrected chi connectivity index (χ2v) is 5.82. The number of nitrogens with two attached hydrogens (primary N) is 1. The van der Waals surface area contributed by atoms with Crippen LogP contribution in [0.5, 0.6) is 0 Å². The van der Waals surface area contributed by atoms with E-state index in [2.05, 4.69) is 40.7 Å². The molecule has 0 fully saturated rings. The predicted molar refractivity (Wildman–Crippen MR) is 76.2 cm³/mol. The molecule has 19 heavy (non-hydrogen) atoms. The zero-order valence-electron chi connectivity index (χ0n) is 10.9. The summed E-state index contributed by atoms with van der Waals surface area (Å²) in [6, 6.07) is 8.25. The molecule has 2 aromatic rings. The van der Waals surface area contributed by atoms with Crippen LogP contribution in [0.4, 0.5) is 0 Å². The first kappa shape index (κ1) is 12.7. The number of fused-ring (bicyclic) bond motifs is 1. The van der Waals surface area contributed by atoms with Gasteiger partial charge in [-0.1, -0.05) is 29.4 Å².